The van der Waals surface area contributed by atoms with Crippen LogP contribution < -0.4 is 0 Å². The minimum atomic E-state index is 0.269. The number of Topliss-reactive ketones (excluding diaryl/α,β-unsaturated/α-hetero) is 1. The van der Waals surface area contributed by atoms with Gasteiger partial charge in [-0.1, -0.05) is 36.8 Å². The largest absolute Gasteiger partial charge is 0.299 e. The van der Waals surface area contributed by atoms with Crippen molar-refractivity contribution in [1.82, 2.24) is 0 Å². The van der Waals surface area contributed by atoms with E-state index in [4.69, 9.17) is 0 Å². The molecule has 1 nitrogen and oxygen atoms in total. The molecule has 1 aliphatic carbocycles. The van der Waals surface area contributed by atoms with Crippen LogP contribution >= 0.6 is 0 Å². The lowest BCUT2D eigenvalue weighted by atomic mass is 9.90. The van der Waals surface area contributed by atoms with Gasteiger partial charge >= 0.3 is 0 Å². The van der Waals surface area contributed by atoms with E-state index in [1.807, 2.05) is 0 Å². The smallest absolute Gasteiger partial charge is 0.135 e. The van der Waals surface area contributed by atoms with Crippen LogP contribution in [0.15, 0.2) is 24.3 Å². The van der Waals surface area contributed by atoms with Gasteiger partial charge < -0.3 is 0 Å². The minimum Gasteiger partial charge on any atom is -0.299 e. The van der Waals surface area contributed by atoms with Gasteiger partial charge in [-0.05, 0) is 31.2 Å². The second-order valence-corrected chi connectivity index (χ2v) is 4.75. The molecule has 1 aliphatic rings. The van der Waals surface area contributed by atoms with Crippen LogP contribution in [0.2, 0.25) is 0 Å². The summed E-state index contributed by atoms with van der Waals surface area (Å²) in [6.45, 7) is 4.20. The molecule has 1 aromatic rings. The average molecular weight is 202 g/mol. The molecule has 15 heavy (non-hydrogen) atoms. The van der Waals surface area contributed by atoms with Crippen LogP contribution in [0, 0.1) is 18.8 Å². The zero-order valence-electron chi connectivity index (χ0n) is 9.49. The fourth-order valence-corrected chi connectivity index (χ4v) is 2.49. The monoisotopic (exact) mass is 202 g/mol. The Morgan fingerprint density at radius 3 is 2.80 bits per heavy atom. The maximum absolute atomic E-state index is 11.4. The van der Waals surface area contributed by atoms with Gasteiger partial charge in [-0.25, -0.2) is 0 Å². The fourth-order valence-electron chi connectivity index (χ4n) is 2.49. The van der Waals surface area contributed by atoms with Crippen LogP contribution in [0.25, 0.3) is 0 Å². The number of carbonyl (C=O) groups is 1. The normalized spacial score (nSPS) is 25.9. The molecule has 80 valence electrons. The molecule has 1 saturated carbocycles. The predicted molar refractivity (Wildman–Crippen MR) is 61.8 cm³/mol. The molecule has 0 heterocycles. The van der Waals surface area contributed by atoms with Crippen molar-refractivity contribution >= 4 is 5.78 Å². The van der Waals surface area contributed by atoms with Crippen LogP contribution in [-0.2, 0) is 11.2 Å². The summed E-state index contributed by atoms with van der Waals surface area (Å²) in [4.78, 5) is 11.4. The van der Waals surface area contributed by atoms with Crippen molar-refractivity contribution in [2.45, 2.75) is 33.1 Å². The molecule has 0 amide bonds. The molecule has 0 bridgehead atoms. The second-order valence-electron chi connectivity index (χ2n) is 4.75. The molecule has 1 heteroatoms. The van der Waals surface area contributed by atoms with Gasteiger partial charge in [0, 0.05) is 12.3 Å². The Balaban J connectivity index is 2.06. The number of rotatable bonds is 2. The van der Waals surface area contributed by atoms with E-state index in [0.29, 0.717) is 11.7 Å². The Morgan fingerprint density at radius 1 is 1.40 bits per heavy atom. The SMILES string of the molecule is Cc1cccc(CC2CCC(=O)C2C)c1. The van der Waals surface area contributed by atoms with E-state index in [0.717, 1.165) is 19.3 Å². The van der Waals surface area contributed by atoms with Gasteiger partial charge in [0.2, 0.25) is 0 Å². The molecule has 2 atom stereocenters. The first-order chi connectivity index (χ1) is 7.16. The van der Waals surface area contributed by atoms with Crippen LogP contribution in [0.5, 0.6) is 0 Å². The molecule has 0 aliphatic heterocycles. The highest BCUT2D eigenvalue weighted by Gasteiger charge is 2.30. The van der Waals surface area contributed by atoms with Crippen molar-refractivity contribution in [2.75, 3.05) is 0 Å². The summed E-state index contributed by atoms with van der Waals surface area (Å²) in [5.74, 6) is 1.29. The van der Waals surface area contributed by atoms with Crippen molar-refractivity contribution in [1.29, 1.82) is 0 Å². The number of benzene rings is 1. The third kappa shape index (κ3) is 2.28. The van der Waals surface area contributed by atoms with Gasteiger partial charge in [-0.2, -0.15) is 0 Å². The van der Waals surface area contributed by atoms with E-state index in [1.54, 1.807) is 0 Å². The van der Waals surface area contributed by atoms with Crippen LogP contribution in [-0.4, -0.2) is 5.78 Å². The summed E-state index contributed by atoms with van der Waals surface area (Å²) in [7, 11) is 0. The molecule has 0 N–H and O–H groups in total. The number of hydrogen-bond acceptors (Lipinski definition) is 1. The summed E-state index contributed by atoms with van der Waals surface area (Å²) in [6.07, 6.45) is 2.93. The lowest BCUT2D eigenvalue weighted by Gasteiger charge is -2.14. The van der Waals surface area contributed by atoms with Crippen molar-refractivity contribution in [2.24, 2.45) is 11.8 Å². The summed E-state index contributed by atoms with van der Waals surface area (Å²) in [5, 5.41) is 0. The van der Waals surface area contributed by atoms with Gasteiger partial charge in [-0.15, -0.1) is 0 Å². The van der Waals surface area contributed by atoms with E-state index < -0.39 is 0 Å². The second kappa shape index (κ2) is 4.18. The number of ketones is 1. The quantitative estimate of drug-likeness (QED) is 0.720. The van der Waals surface area contributed by atoms with Gasteiger partial charge in [-0.3, -0.25) is 4.79 Å². The summed E-state index contributed by atoms with van der Waals surface area (Å²) in [6, 6.07) is 8.62. The highest BCUT2D eigenvalue weighted by molar-refractivity contribution is 5.83. The topological polar surface area (TPSA) is 17.1 Å². The summed E-state index contributed by atoms with van der Waals surface area (Å²) in [5.41, 5.74) is 2.69. The van der Waals surface area contributed by atoms with Gasteiger partial charge in [0.05, 0.1) is 0 Å². The number of aryl methyl sites for hydroxylation is 1. The highest BCUT2D eigenvalue weighted by atomic mass is 16.1. The Hall–Kier alpha value is -1.11. The lowest BCUT2D eigenvalue weighted by molar-refractivity contribution is -0.120. The maximum atomic E-state index is 11.4. The molecule has 1 fully saturated rings. The third-order valence-electron chi connectivity index (χ3n) is 3.56. The Kier molecular flexibility index (Phi) is 2.90. The third-order valence-corrected chi connectivity index (χ3v) is 3.56. The molecule has 0 aromatic heterocycles. The average Bonchev–Trinajstić information content (AvgIpc) is 2.50. The van der Waals surface area contributed by atoms with Crippen LogP contribution in [0.4, 0.5) is 0 Å². The van der Waals surface area contributed by atoms with Crippen molar-refractivity contribution < 1.29 is 4.79 Å². The summed E-state index contributed by atoms with van der Waals surface area (Å²) < 4.78 is 0. The minimum absolute atomic E-state index is 0.269. The van der Waals surface area contributed by atoms with Crippen molar-refractivity contribution in [3.8, 4) is 0 Å². The highest BCUT2D eigenvalue weighted by Crippen LogP contribution is 2.31. The standard InChI is InChI=1S/C14H18O/c1-10-4-3-5-12(8-10)9-13-6-7-14(15)11(13)2/h3-5,8,11,13H,6-7,9H2,1-2H3. The lowest BCUT2D eigenvalue weighted by Crippen LogP contribution is -2.12. The zero-order valence-corrected chi connectivity index (χ0v) is 9.49. The van der Waals surface area contributed by atoms with E-state index in [1.165, 1.54) is 11.1 Å². The van der Waals surface area contributed by atoms with Gasteiger partial charge in [0.1, 0.15) is 5.78 Å². The molecular weight excluding hydrogens is 184 g/mol. The van der Waals surface area contributed by atoms with E-state index in [-0.39, 0.29) is 5.92 Å². The first kappa shape index (κ1) is 10.4. The Morgan fingerprint density at radius 2 is 2.20 bits per heavy atom. The van der Waals surface area contributed by atoms with Gasteiger partial charge in [0.15, 0.2) is 0 Å². The maximum Gasteiger partial charge on any atom is 0.135 e. The number of carbonyl (C=O) groups excluding carboxylic acids is 1. The van der Waals surface area contributed by atoms with E-state index >= 15 is 0 Å². The Labute approximate surface area is 91.5 Å². The molecule has 0 radical (unpaired) electrons. The molecule has 2 unspecified atom stereocenters. The van der Waals surface area contributed by atoms with E-state index in [2.05, 4.69) is 38.1 Å². The number of hydrogen-bond donors (Lipinski definition) is 0. The van der Waals surface area contributed by atoms with E-state index in [9.17, 15) is 4.79 Å². The van der Waals surface area contributed by atoms with Crippen LogP contribution in [0.1, 0.15) is 30.9 Å². The first-order valence-electron chi connectivity index (χ1n) is 5.75. The molecule has 1 aromatic carbocycles. The molecule has 2 rings (SSSR count). The zero-order chi connectivity index (χ0) is 10.8. The van der Waals surface area contributed by atoms with Crippen LogP contribution in [0.3, 0.4) is 0 Å². The van der Waals surface area contributed by atoms with Gasteiger partial charge in [0.25, 0.3) is 0 Å². The summed E-state index contributed by atoms with van der Waals surface area (Å²) >= 11 is 0. The first-order valence-corrected chi connectivity index (χ1v) is 5.75. The molecule has 0 spiro atoms. The predicted octanol–water partition coefficient (Wildman–Crippen LogP) is 3.15. The van der Waals surface area contributed by atoms with Crippen molar-refractivity contribution in [3.63, 3.8) is 0 Å². The van der Waals surface area contributed by atoms with Crippen molar-refractivity contribution in [3.05, 3.63) is 35.4 Å². The molecule has 0 saturated heterocycles. The fraction of sp³-hybridized carbons (Fsp3) is 0.500. The Bertz CT molecular complexity index is 367. The molecular formula is C14H18O.